The smallest absolute Gasteiger partial charge is 0.166 e. The van der Waals surface area contributed by atoms with E-state index in [1.165, 1.54) is 7.11 Å². The van der Waals surface area contributed by atoms with Gasteiger partial charge in [0.15, 0.2) is 11.5 Å². The van der Waals surface area contributed by atoms with Crippen molar-refractivity contribution < 1.29 is 14.9 Å². The number of aliphatic hydroxyl groups is 1. The summed E-state index contributed by atoms with van der Waals surface area (Å²) >= 11 is 0. The highest BCUT2D eigenvalue weighted by Crippen LogP contribution is 2.27. The van der Waals surface area contributed by atoms with E-state index in [-0.39, 0.29) is 18.3 Å². The number of ether oxygens (including phenoxy) is 1. The molecule has 0 aliphatic heterocycles. The number of nitrogens with zero attached hydrogens (tertiary/aromatic N) is 1. The molecule has 1 atom stereocenters. The Morgan fingerprint density at radius 3 is 2.88 bits per heavy atom. The third-order valence-electron chi connectivity index (χ3n) is 2.21. The zero-order chi connectivity index (χ0) is 12.0. The van der Waals surface area contributed by atoms with Crippen LogP contribution >= 0.6 is 0 Å². The molecular formula is C12H17NO3. The molecule has 0 aromatic heterocycles. The van der Waals surface area contributed by atoms with Crippen LogP contribution in [0.4, 0.5) is 0 Å². The van der Waals surface area contributed by atoms with Crippen LogP contribution in [0.25, 0.3) is 0 Å². The molecule has 0 radical (unpaired) electrons. The third-order valence-corrected chi connectivity index (χ3v) is 2.21. The molecule has 0 saturated carbocycles. The van der Waals surface area contributed by atoms with Gasteiger partial charge in [-0.1, -0.05) is 13.0 Å². The third kappa shape index (κ3) is 3.24. The van der Waals surface area contributed by atoms with Gasteiger partial charge in [-0.15, -0.1) is 0 Å². The normalized spacial score (nSPS) is 12.9. The summed E-state index contributed by atoms with van der Waals surface area (Å²) in [5.41, 5.74) is 0.615. The molecule has 0 aliphatic rings. The molecule has 0 spiro atoms. The Hall–Kier alpha value is -1.55. The Bertz CT molecular complexity index is 363. The molecule has 1 aromatic rings. The van der Waals surface area contributed by atoms with E-state index in [2.05, 4.69) is 4.99 Å². The van der Waals surface area contributed by atoms with Gasteiger partial charge in [-0.05, 0) is 18.1 Å². The molecule has 4 nitrogen and oxygen atoms in total. The van der Waals surface area contributed by atoms with Crippen LogP contribution in [0, 0.1) is 5.92 Å². The highest BCUT2D eigenvalue weighted by Gasteiger charge is 2.04. The Kier molecular flexibility index (Phi) is 4.79. The van der Waals surface area contributed by atoms with Crippen molar-refractivity contribution >= 4 is 6.21 Å². The first-order valence-corrected chi connectivity index (χ1v) is 5.15. The lowest BCUT2D eigenvalue weighted by molar-refractivity contribution is 0.242. The van der Waals surface area contributed by atoms with E-state index in [1.54, 1.807) is 24.4 Å². The van der Waals surface area contributed by atoms with Crippen LogP contribution in [0.2, 0.25) is 0 Å². The lowest BCUT2D eigenvalue weighted by Crippen LogP contribution is -2.04. The summed E-state index contributed by atoms with van der Waals surface area (Å²) in [5, 5.41) is 18.6. The predicted octanol–water partition coefficient (Wildman–Crippen LogP) is 1.45. The molecule has 1 aromatic carbocycles. The first-order valence-electron chi connectivity index (χ1n) is 5.15. The van der Waals surface area contributed by atoms with Crippen molar-refractivity contribution in [2.75, 3.05) is 20.3 Å². The Labute approximate surface area is 95.2 Å². The van der Waals surface area contributed by atoms with Gasteiger partial charge in [-0.2, -0.15) is 0 Å². The van der Waals surface area contributed by atoms with Gasteiger partial charge in [0.2, 0.25) is 0 Å². The number of methoxy groups -OCH3 is 1. The van der Waals surface area contributed by atoms with Gasteiger partial charge >= 0.3 is 0 Å². The van der Waals surface area contributed by atoms with E-state index in [0.717, 1.165) is 0 Å². The first-order chi connectivity index (χ1) is 7.69. The molecule has 2 N–H and O–H groups in total. The van der Waals surface area contributed by atoms with Crippen LogP contribution in [0.5, 0.6) is 11.5 Å². The Balaban J connectivity index is 2.73. The number of phenolic OH excluding ortho intramolecular Hbond substituents is 1. The number of para-hydroxylation sites is 1. The number of hydrogen-bond acceptors (Lipinski definition) is 4. The minimum absolute atomic E-state index is 0.0883. The summed E-state index contributed by atoms with van der Waals surface area (Å²) in [4.78, 5) is 4.15. The molecule has 0 fully saturated rings. The summed E-state index contributed by atoms with van der Waals surface area (Å²) < 4.78 is 4.98. The quantitative estimate of drug-likeness (QED) is 0.743. The molecule has 0 saturated heterocycles. The van der Waals surface area contributed by atoms with E-state index in [1.807, 2.05) is 6.92 Å². The van der Waals surface area contributed by atoms with Crippen LogP contribution in [-0.4, -0.2) is 36.7 Å². The molecule has 0 bridgehead atoms. The van der Waals surface area contributed by atoms with Gasteiger partial charge in [0.1, 0.15) is 0 Å². The fraction of sp³-hybridized carbons (Fsp3) is 0.417. The van der Waals surface area contributed by atoms with Crippen LogP contribution < -0.4 is 4.74 Å². The summed E-state index contributed by atoms with van der Waals surface area (Å²) in [7, 11) is 1.50. The average molecular weight is 223 g/mol. The van der Waals surface area contributed by atoms with Crippen molar-refractivity contribution in [3.05, 3.63) is 23.8 Å². The fourth-order valence-electron chi connectivity index (χ4n) is 1.20. The molecule has 0 heterocycles. The maximum Gasteiger partial charge on any atom is 0.166 e. The molecule has 1 rings (SSSR count). The van der Waals surface area contributed by atoms with Crippen molar-refractivity contribution in [2.24, 2.45) is 10.9 Å². The molecule has 4 heteroatoms. The second kappa shape index (κ2) is 6.12. The number of benzene rings is 1. The number of rotatable bonds is 5. The van der Waals surface area contributed by atoms with E-state index in [9.17, 15) is 5.11 Å². The average Bonchev–Trinajstić information content (AvgIpc) is 2.31. The van der Waals surface area contributed by atoms with Crippen molar-refractivity contribution in [3.63, 3.8) is 0 Å². The minimum atomic E-state index is 0.0883. The number of phenols is 1. The molecule has 0 amide bonds. The van der Waals surface area contributed by atoms with Crippen molar-refractivity contribution in [3.8, 4) is 11.5 Å². The van der Waals surface area contributed by atoms with Crippen LogP contribution in [0.15, 0.2) is 23.2 Å². The fourth-order valence-corrected chi connectivity index (χ4v) is 1.20. The van der Waals surface area contributed by atoms with Gasteiger partial charge in [0, 0.05) is 24.9 Å². The van der Waals surface area contributed by atoms with E-state index >= 15 is 0 Å². The van der Waals surface area contributed by atoms with E-state index < -0.39 is 0 Å². The van der Waals surface area contributed by atoms with Gasteiger partial charge in [-0.25, -0.2) is 0 Å². The molecular weight excluding hydrogens is 206 g/mol. The van der Waals surface area contributed by atoms with E-state index in [4.69, 9.17) is 9.84 Å². The highest BCUT2D eigenvalue weighted by atomic mass is 16.5. The maximum absolute atomic E-state index is 9.75. The summed E-state index contributed by atoms with van der Waals surface area (Å²) in [5.74, 6) is 0.647. The number of aliphatic hydroxyl groups excluding tert-OH is 1. The number of aliphatic imine (C=N–C) groups is 1. The molecule has 0 unspecified atom stereocenters. The minimum Gasteiger partial charge on any atom is -0.504 e. The van der Waals surface area contributed by atoms with E-state index in [0.29, 0.717) is 17.9 Å². The topological polar surface area (TPSA) is 62.0 Å². The van der Waals surface area contributed by atoms with Crippen LogP contribution in [-0.2, 0) is 0 Å². The summed E-state index contributed by atoms with van der Waals surface area (Å²) in [6, 6.07) is 5.23. The Morgan fingerprint density at radius 2 is 2.25 bits per heavy atom. The molecule has 16 heavy (non-hydrogen) atoms. The standard InChI is InChI=1S/C12H17NO3/c1-9(8-14)6-13-7-10-4-3-5-11(16-2)12(10)15/h3-5,7,9,14-15H,6,8H2,1-2H3/t9-/m1/s1. The second-order valence-corrected chi connectivity index (χ2v) is 3.68. The van der Waals surface area contributed by atoms with Crippen molar-refractivity contribution in [1.29, 1.82) is 0 Å². The molecule has 88 valence electrons. The highest BCUT2D eigenvalue weighted by molar-refractivity contribution is 5.84. The first kappa shape index (κ1) is 12.5. The van der Waals surface area contributed by atoms with Gasteiger partial charge in [0.25, 0.3) is 0 Å². The predicted molar refractivity (Wildman–Crippen MR) is 63.4 cm³/mol. The molecule has 0 aliphatic carbocycles. The zero-order valence-electron chi connectivity index (χ0n) is 9.55. The zero-order valence-corrected chi connectivity index (χ0v) is 9.55. The summed E-state index contributed by atoms with van der Waals surface area (Å²) in [6.07, 6.45) is 1.59. The van der Waals surface area contributed by atoms with Gasteiger partial charge < -0.3 is 14.9 Å². The maximum atomic E-state index is 9.75. The number of aromatic hydroxyl groups is 1. The van der Waals surface area contributed by atoms with Crippen LogP contribution in [0.3, 0.4) is 0 Å². The van der Waals surface area contributed by atoms with Crippen molar-refractivity contribution in [1.82, 2.24) is 0 Å². The summed E-state index contributed by atoms with van der Waals surface area (Å²) in [6.45, 7) is 2.55. The Morgan fingerprint density at radius 1 is 1.50 bits per heavy atom. The monoisotopic (exact) mass is 223 g/mol. The van der Waals surface area contributed by atoms with Crippen LogP contribution in [0.1, 0.15) is 12.5 Å². The largest absolute Gasteiger partial charge is 0.504 e. The van der Waals surface area contributed by atoms with Crippen molar-refractivity contribution in [2.45, 2.75) is 6.92 Å². The lowest BCUT2D eigenvalue weighted by atomic mass is 10.2. The SMILES string of the molecule is COc1cccc(C=NC[C@@H](C)CO)c1O. The number of hydrogen-bond donors (Lipinski definition) is 2. The second-order valence-electron chi connectivity index (χ2n) is 3.68. The van der Waals surface area contributed by atoms with Gasteiger partial charge in [0.05, 0.1) is 7.11 Å². The van der Waals surface area contributed by atoms with Gasteiger partial charge in [-0.3, -0.25) is 4.99 Å². The lowest BCUT2D eigenvalue weighted by Gasteiger charge is -2.05.